The molecule has 0 unspecified atom stereocenters. The average Bonchev–Trinajstić information content (AvgIpc) is 2.76. The fourth-order valence-electron chi connectivity index (χ4n) is 3.82. The first kappa shape index (κ1) is 18.4. The molecular formula is C24H25N3O. The van der Waals surface area contributed by atoms with Crippen LogP contribution in [0, 0.1) is 5.92 Å². The molecule has 1 N–H and O–H groups in total. The molecule has 0 atom stereocenters. The maximum absolute atomic E-state index is 12.5. The summed E-state index contributed by atoms with van der Waals surface area (Å²) in [7, 11) is 0. The molecule has 0 radical (unpaired) electrons. The summed E-state index contributed by atoms with van der Waals surface area (Å²) in [5.41, 5.74) is 3.88. The van der Waals surface area contributed by atoms with E-state index in [0.29, 0.717) is 5.82 Å². The van der Waals surface area contributed by atoms with Crippen molar-refractivity contribution in [2.75, 3.05) is 18.4 Å². The van der Waals surface area contributed by atoms with Gasteiger partial charge in [-0.3, -0.25) is 9.69 Å². The van der Waals surface area contributed by atoms with Crippen LogP contribution in [0.4, 0.5) is 5.82 Å². The molecule has 0 aliphatic carbocycles. The second-order valence-corrected chi connectivity index (χ2v) is 7.28. The Morgan fingerprint density at radius 3 is 2.39 bits per heavy atom. The first-order chi connectivity index (χ1) is 13.8. The third-order valence-corrected chi connectivity index (χ3v) is 5.37. The minimum atomic E-state index is 0.0580. The van der Waals surface area contributed by atoms with Crippen LogP contribution in [0.15, 0.2) is 79.0 Å². The number of nitrogens with one attached hydrogen (secondary N) is 1. The van der Waals surface area contributed by atoms with Crippen LogP contribution in [0.25, 0.3) is 11.1 Å². The minimum Gasteiger partial charge on any atom is -0.310 e. The third-order valence-electron chi connectivity index (χ3n) is 5.37. The number of rotatable bonds is 5. The van der Waals surface area contributed by atoms with Gasteiger partial charge in [0.15, 0.2) is 0 Å². The van der Waals surface area contributed by atoms with Gasteiger partial charge in [0.1, 0.15) is 5.82 Å². The summed E-state index contributed by atoms with van der Waals surface area (Å²) in [5, 5.41) is 2.94. The average molecular weight is 371 g/mol. The quantitative estimate of drug-likeness (QED) is 0.713. The van der Waals surface area contributed by atoms with Gasteiger partial charge < -0.3 is 5.32 Å². The maximum Gasteiger partial charge on any atom is 0.228 e. The molecule has 0 bridgehead atoms. The molecular weight excluding hydrogens is 346 g/mol. The number of hydrogen-bond acceptors (Lipinski definition) is 3. The number of pyridine rings is 1. The summed E-state index contributed by atoms with van der Waals surface area (Å²) < 4.78 is 0. The van der Waals surface area contributed by atoms with Gasteiger partial charge in [-0.1, -0.05) is 60.7 Å². The van der Waals surface area contributed by atoms with Crippen LogP contribution in [-0.2, 0) is 11.3 Å². The Kier molecular flexibility index (Phi) is 5.78. The molecule has 4 nitrogen and oxygen atoms in total. The van der Waals surface area contributed by atoms with Gasteiger partial charge in [-0.05, 0) is 54.8 Å². The number of amides is 1. The number of nitrogens with zero attached hydrogens (tertiary/aromatic N) is 2. The van der Waals surface area contributed by atoms with Crippen LogP contribution in [-0.4, -0.2) is 28.9 Å². The van der Waals surface area contributed by atoms with Gasteiger partial charge >= 0.3 is 0 Å². The number of aromatic nitrogens is 1. The standard InChI is InChI=1S/C24H25N3O/c28-24(26-23-12-6-7-15-25-23)20-13-16-27(17-14-20)18-21-10-4-5-11-22(21)19-8-2-1-3-9-19/h1-12,15,20H,13-14,16-18H2,(H,25,26,28). The van der Waals surface area contributed by atoms with Crippen molar-refractivity contribution in [1.29, 1.82) is 0 Å². The van der Waals surface area contributed by atoms with Gasteiger partial charge in [0, 0.05) is 18.7 Å². The Bertz CT molecular complexity index is 903. The number of carbonyl (C=O) groups is 1. The van der Waals surface area contributed by atoms with Gasteiger partial charge in [-0.2, -0.15) is 0 Å². The molecule has 4 rings (SSSR count). The fourth-order valence-corrected chi connectivity index (χ4v) is 3.82. The molecule has 1 saturated heterocycles. The number of hydrogen-bond donors (Lipinski definition) is 1. The van der Waals surface area contributed by atoms with Crippen molar-refractivity contribution in [2.45, 2.75) is 19.4 Å². The molecule has 1 aromatic heterocycles. The van der Waals surface area contributed by atoms with E-state index in [1.54, 1.807) is 6.20 Å². The highest BCUT2D eigenvalue weighted by Crippen LogP contribution is 2.26. The predicted octanol–water partition coefficient (Wildman–Crippen LogP) is 4.60. The third kappa shape index (κ3) is 4.46. The Labute approximate surface area is 166 Å². The van der Waals surface area contributed by atoms with Crippen molar-refractivity contribution in [1.82, 2.24) is 9.88 Å². The molecule has 2 heterocycles. The van der Waals surface area contributed by atoms with Crippen molar-refractivity contribution in [2.24, 2.45) is 5.92 Å². The van der Waals surface area contributed by atoms with E-state index in [2.05, 4.69) is 63.7 Å². The summed E-state index contributed by atoms with van der Waals surface area (Å²) in [6.45, 7) is 2.78. The highest BCUT2D eigenvalue weighted by atomic mass is 16.1. The van der Waals surface area contributed by atoms with Crippen molar-refractivity contribution in [3.63, 3.8) is 0 Å². The van der Waals surface area contributed by atoms with E-state index in [9.17, 15) is 4.79 Å². The summed E-state index contributed by atoms with van der Waals surface area (Å²) >= 11 is 0. The Balaban J connectivity index is 1.36. The highest BCUT2D eigenvalue weighted by Gasteiger charge is 2.25. The molecule has 28 heavy (non-hydrogen) atoms. The zero-order valence-corrected chi connectivity index (χ0v) is 15.9. The number of anilines is 1. The van der Waals surface area contributed by atoms with E-state index in [0.717, 1.165) is 32.5 Å². The van der Waals surface area contributed by atoms with E-state index in [1.165, 1.54) is 16.7 Å². The smallest absolute Gasteiger partial charge is 0.228 e. The first-order valence-corrected chi connectivity index (χ1v) is 9.87. The van der Waals surface area contributed by atoms with Gasteiger partial charge in [0.25, 0.3) is 0 Å². The predicted molar refractivity (Wildman–Crippen MR) is 113 cm³/mol. The van der Waals surface area contributed by atoms with Crippen LogP contribution in [0.1, 0.15) is 18.4 Å². The highest BCUT2D eigenvalue weighted by molar-refractivity contribution is 5.91. The van der Waals surface area contributed by atoms with Crippen molar-refractivity contribution < 1.29 is 4.79 Å². The van der Waals surface area contributed by atoms with Crippen LogP contribution < -0.4 is 5.32 Å². The Morgan fingerprint density at radius 1 is 0.929 bits per heavy atom. The molecule has 1 aliphatic rings. The summed E-state index contributed by atoms with van der Waals surface area (Å²) in [6, 6.07) is 24.7. The summed E-state index contributed by atoms with van der Waals surface area (Å²) in [5.74, 6) is 0.775. The van der Waals surface area contributed by atoms with E-state index >= 15 is 0 Å². The van der Waals surface area contributed by atoms with Gasteiger partial charge in [0.2, 0.25) is 5.91 Å². The lowest BCUT2D eigenvalue weighted by Gasteiger charge is -2.31. The molecule has 1 aliphatic heterocycles. The minimum absolute atomic E-state index is 0.0580. The molecule has 1 amide bonds. The number of benzene rings is 2. The van der Waals surface area contributed by atoms with E-state index in [-0.39, 0.29) is 11.8 Å². The molecule has 1 fully saturated rings. The number of likely N-dealkylation sites (tertiary alicyclic amines) is 1. The van der Waals surface area contributed by atoms with Gasteiger partial charge in [-0.25, -0.2) is 4.98 Å². The second kappa shape index (κ2) is 8.81. The lowest BCUT2D eigenvalue weighted by Crippen LogP contribution is -2.37. The molecule has 3 aromatic rings. The van der Waals surface area contributed by atoms with E-state index < -0.39 is 0 Å². The lowest BCUT2D eigenvalue weighted by molar-refractivity contribution is -0.121. The van der Waals surface area contributed by atoms with Crippen LogP contribution in [0.3, 0.4) is 0 Å². The molecule has 0 spiro atoms. The topological polar surface area (TPSA) is 45.2 Å². The molecule has 142 valence electrons. The molecule has 0 saturated carbocycles. The van der Waals surface area contributed by atoms with E-state index in [4.69, 9.17) is 0 Å². The largest absolute Gasteiger partial charge is 0.310 e. The fraction of sp³-hybridized carbons (Fsp3) is 0.250. The van der Waals surface area contributed by atoms with Crippen molar-refractivity contribution >= 4 is 11.7 Å². The van der Waals surface area contributed by atoms with Crippen LogP contribution in [0.2, 0.25) is 0 Å². The molecule has 4 heteroatoms. The van der Waals surface area contributed by atoms with Crippen molar-refractivity contribution in [3.05, 3.63) is 84.6 Å². The van der Waals surface area contributed by atoms with Crippen LogP contribution >= 0.6 is 0 Å². The second-order valence-electron chi connectivity index (χ2n) is 7.28. The van der Waals surface area contributed by atoms with Crippen LogP contribution in [0.5, 0.6) is 0 Å². The molecule has 2 aromatic carbocycles. The SMILES string of the molecule is O=C(Nc1ccccn1)C1CCN(Cc2ccccc2-c2ccccc2)CC1. The zero-order valence-electron chi connectivity index (χ0n) is 15.9. The Morgan fingerprint density at radius 2 is 1.64 bits per heavy atom. The zero-order chi connectivity index (χ0) is 19.2. The number of piperidine rings is 1. The normalized spacial score (nSPS) is 15.3. The summed E-state index contributed by atoms with van der Waals surface area (Å²) in [6.07, 6.45) is 3.46. The van der Waals surface area contributed by atoms with Gasteiger partial charge in [0.05, 0.1) is 0 Å². The summed E-state index contributed by atoms with van der Waals surface area (Å²) in [4.78, 5) is 19.1. The first-order valence-electron chi connectivity index (χ1n) is 9.87. The number of carbonyl (C=O) groups excluding carboxylic acids is 1. The van der Waals surface area contributed by atoms with Gasteiger partial charge in [-0.15, -0.1) is 0 Å². The van der Waals surface area contributed by atoms with Crippen molar-refractivity contribution in [3.8, 4) is 11.1 Å². The Hall–Kier alpha value is -2.98. The van der Waals surface area contributed by atoms with E-state index in [1.807, 2.05) is 24.3 Å². The monoisotopic (exact) mass is 371 g/mol. The lowest BCUT2D eigenvalue weighted by atomic mass is 9.94. The maximum atomic E-state index is 12.5.